The molecule has 110 valence electrons. The largest absolute Gasteiger partial charge is 0.383 e. The number of hydrogen-bond acceptors (Lipinski definition) is 3. The van der Waals surface area contributed by atoms with Crippen LogP contribution in [-0.2, 0) is 6.54 Å². The van der Waals surface area contributed by atoms with E-state index in [-0.39, 0.29) is 0 Å². The molecule has 2 N–H and O–H groups in total. The van der Waals surface area contributed by atoms with Crippen molar-refractivity contribution in [1.29, 1.82) is 5.26 Å². The number of nitriles is 1. The number of imidazole rings is 1. The first kappa shape index (κ1) is 15.1. The topological polar surface area (TPSA) is 67.6 Å². The Kier molecular flexibility index (Phi) is 4.32. The van der Waals surface area contributed by atoms with E-state index in [4.69, 9.17) is 16.0 Å². The summed E-state index contributed by atoms with van der Waals surface area (Å²) in [7, 11) is 0. The van der Waals surface area contributed by atoms with E-state index < -0.39 is 0 Å². The first-order valence-electron chi connectivity index (χ1n) is 7.30. The molecular formula is C17H22N4. The maximum atomic E-state index is 9.04. The highest BCUT2D eigenvalue weighted by molar-refractivity contribution is 5.72. The van der Waals surface area contributed by atoms with Crippen LogP contribution >= 0.6 is 0 Å². The molecule has 0 aliphatic carbocycles. The van der Waals surface area contributed by atoms with Gasteiger partial charge in [0.05, 0.1) is 11.6 Å². The Morgan fingerprint density at radius 2 is 2.00 bits per heavy atom. The molecule has 1 aromatic heterocycles. The standard InChI is InChI=1S/C17H22N4/c1-11(2)10-21-16(19)15(20-17(21)12(3)4)14-7-5-6-13(8-14)9-18/h5-8,11-12H,10,19H2,1-4H3. The van der Waals surface area contributed by atoms with Crippen molar-refractivity contribution in [2.24, 2.45) is 5.92 Å². The van der Waals surface area contributed by atoms with Crippen LogP contribution < -0.4 is 5.73 Å². The summed E-state index contributed by atoms with van der Waals surface area (Å²) in [5.74, 6) is 2.48. The molecule has 1 heterocycles. The van der Waals surface area contributed by atoms with E-state index in [1.807, 2.05) is 18.2 Å². The van der Waals surface area contributed by atoms with Crippen LogP contribution in [0.3, 0.4) is 0 Å². The third-order valence-corrected chi connectivity index (χ3v) is 3.37. The quantitative estimate of drug-likeness (QED) is 0.927. The zero-order chi connectivity index (χ0) is 15.6. The van der Waals surface area contributed by atoms with Gasteiger partial charge in [-0.1, -0.05) is 39.8 Å². The predicted octanol–water partition coefficient (Wildman–Crippen LogP) is 3.78. The van der Waals surface area contributed by atoms with Gasteiger partial charge >= 0.3 is 0 Å². The second-order valence-electron chi connectivity index (χ2n) is 6.06. The van der Waals surface area contributed by atoms with Crippen molar-refractivity contribution in [2.75, 3.05) is 5.73 Å². The summed E-state index contributed by atoms with van der Waals surface area (Å²) in [6.07, 6.45) is 0. The van der Waals surface area contributed by atoms with Crippen molar-refractivity contribution in [2.45, 2.75) is 40.2 Å². The normalized spacial score (nSPS) is 11.1. The van der Waals surface area contributed by atoms with Gasteiger partial charge in [-0.2, -0.15) is 5.26 Å². The predicted molar refractivity (Wildman–Crippen MR) is 85.7 cm³/mol. The van der Waals surface area contributed by atoms with Gasteiger partial charge < -0.3 is 10.3 Å². The van der Waals surface area contributed by atoms with E-state index in [0.29, 0.717) is 23.2 Å². The lowest BCUT2D eigenvalue weighted by Gasteiger charge is -2.14. The van der Waals surface area contributed by atoms with Crippen LogP contribution in [0.25, 0.3) is 11.3 Å². The van der Waals surface area contributed by atoms with Gasteiger partial charge in [0.2, 0.25) is 0 Å². The Bertz CT molecular complexity index is 675. The molecule has 4 nitrogen and oxygen atoms in total. The fraction of sp³-hybridized carbons (Fsp3) is 0.412. The second-order valence-corrected chi connectivity index (χ2v) is 6.06. The number of anilines is 1. The summed E-state index contributed by atoms with van der Waals surface area (Å²) < 4.78 is 2.10. The zero-order valence-corrected chi connectivity index (χ0v) is 13.1. The molecule has 0 radical (unpaired) electrons. The Labute approximate surface area is 126 Å². The molecule has 0 atom stereocenters. The fourth-order valence-corrected chi connectivity index (χ4v) is 2.43. The summed E-state index contributed by atoms with van der Waals surface area (Å²) in [4.78, 5) is 4.74. The van der Waals surface area contributed by atoms with Gasteiger partial charge in [-0.15, -0.1) is 0 Å². The Morgan fingerprint density at radius 1 is 1.29 bits per heavy atom. The van der Waals surface area contributed by atoms with Crippen LogP contribution in [0.15, 0.2) is 24.3 Å². The number of nitrogen functional groups attached to an aromatic ring is 1. The number of rotatable bonds is 4. The van der Waals surface area contributed by atoms with Crippen LogP contribution in [0.1, 0.15) is 45.0 Å². The molecule has 0 aliphatic heterocycles. The number of aromatic nitrogens is 2. The monoisotopic (exact) mass is 282 g/mol. The smallest absolute Gasteiger partial charge is 0.131 e. The van der Waals surface area contributed by atoms with Gasteiger partial charge in [-0.25, -0.2) is 4.98 Å². The van der Waals surface area contributed by atoms with Crippen LogP contribution in [0.2, 0.25) is 0 Å². The fourth-order valence-electron chi connectivity index (χ4n) is 2.43. The molecule has 0 aliphatic rings. The highest BCUT2D eigenvalue weighted by Gasteiger charge is 2.19. The molecule has 1 aromatic carbocycles. The first-order valence-corrected chi connectivity index (χ1v) is 7.30. The van der Waals surface area contributed by atoms with E-state index >= 15 is 0 Å². The van der Waals surface area contributed by atoms with Gasteiger partial charge in [0.1, 0.15) is 17.3 Å². The third kappa shape index (κ3) is 3.08. The SMILES string of the molecule is CC(C)Cn1c(C(C)C)nc(-c2cccc(C#N)c2)c1N. The van der Waals surface area contributed by atoms with Gasteiger partial charge in [0, 0.05) is 18.0 Å². The maximum Gasteiger partial charge on any atom is 0.131 e. The summed E-state index contributed by atoms with van der Waals surface area (Å²) in [6, 6.07) is 9.59. The third-order valence-electron chi connectivity index (χ3n) is 3.37. The maximum absolute atomic E-state index is 9.04. The molecule has 0 unspecified atom stereocenters. The molecule has 0 saturated carbocycles. The molecular weight excluding hydrogens is 260 g/mol. The Hall–Kier alpha value is -2.28. The van der Waals surface area contributed by atoms with Gasteiger partial charge in [0.25, 0.3) is 0 Å². The summed E-state index contributed by atoms with van der Waals surface area (Å²) in [5.41, 5.74) is 8.63. The molecule has 0 amide bonds. The zero-order valence-electron chi connectivity index (χ0n) is 13.1. The highest BCUT2D eigenvalue weighted by atomic mass is 15.1. The van der Waals surface area contributed by atoms with Crippen molar-refractivity contribution >= 4 is 5.82 Å². The summed E-state index contributed by atoms with van der Waals surface area (Å²) in [6.45, 7) is 9.42. The van der Waals surface area contributed by atoms with Crippen molar-refractivity contribution in [3.63, 3.8) is 0 Å². The van der Waals surface area contributed by atoms with Crippen LogP contribution in [0, 0.1) is 17.2 Å². The minimum absolute atomic E-state index is 0.305. The van der Waals surface area contributed by atoms with E-state index in [1.54, 1.807) is 6.07 Å². The molecule has 2 rings (SSSR count). The molecule has 4 heteroatoms. The van der Waals surface area contributed by atoms with Crippen LogP contribution in [0.4, 0.5) is 5.82 Å². The lowest BCUT2D eigenvalue weighted by molar-refractivity contribution is 0.502. The minimum atomic E-state index is 0.305. The van der Waals surface area contributed by atoms with E-state index in [2.05, 4.69) is 38.3 Å². The average Bonchev–Trinajstić information content (AvgIpc) is 2.76. The molecule has 2 aromatic rings. The number of hydrogen-bond donors (Lipinski definition) is 1. The van der Waals surface area contributed by atoms with E-state index in [1.165, 1.54) is 0 Å². The minimum Gasteiger partial charge on any atom is -0.383 e. The number of benzene rings is 1. The van der Waals surface area contributed by atoms with Crippen molar-refractivity contribution in [1.82, 2.24) is 9.55 Å². The summed E-state index contributed by atoms with van der Waals surface area (Å²) >= 11 is 0. The van der Waals surface area contributed by atoms with Crippen LogP contribution in [-0.4, -0.2) is 9.55 Å². The average molecular weight is 282 g/mol. The van der Waals surface area contributed by atoms with Gasteiger partial charge in [-0.3, -0.25) is 0 Å². The molecule has 0 saturated heterocycles. The Morgan fingerprint density at radius 3 is 2.57 bits per heavy atom. The van der Waals surface area contributed by atoms with Crippen LogP contribution in [0.5, 0.6) is 0 Å². The van der Waals surface area contributed by atoms with Crippen molar-refractivity contribution in [3.05, 3.63) is 35.7 Å². The van der Waals surface area contributed by atoms with Gasteiger partial charge in [0.15, 0.2) is 0 Å². The number of nitrogens with two attached hydrogens (primary N) is 1. The van der Waals surface area contributed by atoms with Gasteiger partial charge in [-0.05, 0) is 18.1 Å². The molecule has 0 fully saturated rings. The van der Waals surface area contributed by atoms with Crippen molar-refractivity contribution in [3.8, 4) is 17.3 Å². The molecule has 0 spiro atoms. The number of nitrogens with zero attached hydrogens (tertiary/aromatic N) is 3. The van der Waals surface area contributed by atoms with E-state index in [9.17, 15) is 0 Å². The Balaban J connectivity index is 2.57. The first-order chi connectivity index (χ1) is 9.93. The second kappa shape index (κ2) is 6.01. The molecule has 21 heavy (non-hydrogen) atoms. The summed E-state index contributed by atoms with van der Waals surface area (Å²) in [5, 5.41) is 9.04. The van der Waals surface area contributed by atoms with E-state index in [0.717, 1.165) is 23.6 Å². The molecule has 0 bridgehead atoms. The lowest BCUT2D eigenvalue weighted by atomic mass is 10.1. The highest BCUT2D eigenvalue weighted by Crippen LogP contribution is 2.30. The lowest BCUT2D eigenvalue weighted by Crippen LogP contribution is -2.12. The van der Waals surface area contributed by atoms with Crippen molar-refractivity contribution < 1.29 is 0 Å².